The molecule has 0 radical (unpaired) electrons. The highest BCUT2D eigenvalue weighted by Crippen LogP contribution is 2.28. The minimum Gasteiger partial charge on any atom is -0.396 e. The van der Waals surface area contributed by atoms with Crippen LogP contribution in [-0.2, 0) is 12.8 Å². The van der Waals surface area contributed by atoms with E-state index in [9.17, 15) is 0 Å². The average Bonchev–Trinajstić information content (AvgIpc) is 2.35. The summed E-state index contributed by atoms with van der Waals surface area (Å²) in [7, 11) is 0. The summed E-state index contributed by atoms with van der Waals surface area (Å²) in [6, 6.07) is 0. The van der Waals surface area contributed by atoms with E-state index in [-0.39, 0.29) is 6.61 Å². The zero-order valence-corrected chi connectivity index (χ0v) is 10.5. The van der Waals surface area contributed by atoms with Gasteiger partial charge in [0, 0.05) is 23.6 Å². The van der Waals surface area contributed by atoms with Gasteiger partial charge in [-0.3, -0.25) is 0 Å². The molecule has 16 heavy (non-hydrogen) atoms. The van der Waals surface area contributed by atoms with Crippen molar-refractivity contribution < 1.29 is 5.11 Å². The summed E-state index contributed by atoms with van der Waals surface area (Å²) in [5.74, 6) is 1.26. The van der Waals surface area contributed by atoms with E-state index in [4.69, 9.17) is 5.11 Å². The van der Waals surface area contributed by atoms with Crippen molar-refractivity contribution in [2.45, 2.75) is 37.6 Å². The molecule has 1 aromatic rings. The summed E-state index contributed by atoms with van der Waals surface area (Å²) in [6.07, 6.45) is 6.40. The topological polar surface area (TPSA) is 46.0 Å². The molecule has 4 heteroatoms. The SMILES string of the molecule is CC(CO)CSc1ncnc2c1CCCC2. The van der Waals surface area contributed by atoms with Crippen LogP contribution in [0.25, 0.3) is 0 Å². The van der Waals surface area contributed by atoms with E-state index in [1.54, 1.807) is 18.1 Å². The van der Waals surface area contributed by atoms with Gasteiger partial charge in [-0.25, -0.2) is 9.97 Å². The van der Waals surface area contributed by atoms with E-state index in [1.165, 1.54) is 24.1 Å². The second kappa shape index (κ2) is 5.64. The van der Waals surface area contributed by atoms with E-state index in [0.717, 1.165) is 23.6 Å². The second-order valence-electron chi connectivity index (χ2n) is 4.41. The first-order valence-electron chi connectivity index (χ1n) is 5.87. The van der Waals surface area contributed by atoms with Crippen LogP contribution in [0.4, 0.5) is 0 Å². The molecule has 0 bridgehead atoms. The summed E-state index contributed by atoms with van der Waals surface area (Å²) >= 11 is 1.76. The average molecular weight is 238 g/mol. The largest absolute Gasteiger partial charge is 0.396 e. The number of aryl methyl sites for hydroxylation is 1. The second-order valence-corrected chi connectivity index (χ2v) is 5.42. The van der Waals surface area contributed by atoms with Crippen LogP contribution in [0.1, 0.15) is 31.0 Å². The number of aromatic nitrogens is 2. The van der Waals surface area contributed by atoms with Crippen molar-refractivity contribution in [2.24, 2.45) is 5.92 Å². The van der Waals surface area contributed by atoms with Gasteiger partial charge >= 0.3 is 0 Å². The van der Waals surface area contributed by atoms with Crippen LogP contribution in [-0.4, -0.2) is 27.4 Å². The zero-order chi connectivity index (χ0) is 11.4. The van der Waals surface area contributed by atoms with Crippen LogP contribution in [0.3, 0.4) is 0 Å². The predicted molar refractivity (Wildman–Crippen MR) is 65.6 cm³/mol. The molecular weight excluding hydrogens is 220 g/mol. The molecular formula is C12H18N2OS. The zero-order valence-electron chi connectivity index (χ0n) is 9.65. The van der Waals surface area contributed by atoms with Gasteiger partial charge in [-0.1, -0.05) is 6.92 Å². The number of fused-ring (bicyclic) bond motifs is 1. The van der Waals surface area contributed by atoms with E-state index >= 15 is 0 Å². The lowest BCUT2D eigenvalue weighted by atomic mass is 9.98. The Balaban J connectivity index is 2.08. The Labute approximate surface area is 101 Å². The fourth-order valence-corrected chi connectivity index (χ4v) is 2.95. The third-order valence-corrected chi connectivity index (χ3v) is 4.26. The van der Waals surface area contributed by atoms with Gasteiger partial charge in [0.15, 0.2) is 0 Å². The van der Waals surface area contributed by atoms with Crippen molar-refractivity contribution in [1.29, 1.82) is 0 Å². The summed E-state index contributed by atoms with van der Waals surface area (Å²) in [5.41, 5.74) is 2.59. The smallest absolute Gasteiger partial charge is 0.116 e. The molecule has 0 aliphatic heterocycles. The lowest BCUT2D eigenvalue weighted by molar-refractivity contribution is 0.250. The van der Waals surface area contributed by atoms with Gasteiger partial charge < -0.3 is 5.11 Å². The molecule has 0 amide bonds. The third-order valence-electron chi connectivity index (χ3n) is 2.90. The van der Waals surface area contributed by atoms with Gasteiger partial charge in [0.05, 0.1) is 0 Å². The number of hydrogen-bond acceptors (Lipinski definition) is 4. The standard InChI is InChI=1S/C12H18N2OS/c1-9(6-15)7-16-12-10-4-2-3-5-11(10)13-8-14-12/h8-9,15H,2-7H2,1H3. The molecule has 0 saturated carbocycles. The fraction of sp³-hybridized carbons (Fsp3) is 0.667. The van der Waals surface area contributed by atoms with Gasteiger partial charge in [-0.2, -0.15) is 0 Å². The maximum atomic E-state index is 9.01. The highest BCUT2D eigenvalue weighted by atomic mass is 32.2. The minimum absolute atomic E-state index is 0.250. The summed E-state index contributed by atoms with van der Waals surface area (Å²) < 4.78 is 0. The molecule has 1 atom stereocenters. The molecule has 0 fully saturated rings. The van der Waals surface area contributed by atoms with Crippen LogP contribution in [0.15, 0.2) is 11.4 Å². The molecule has 1 aromatic heterocycles. The molecule has 1 unspecified atom stereocenters. The van der Waals surface area contributed by atoms with Crippen LogP contribution in [0.2, 0.25) is 0 Å². The molecule has 1 aliphatic rings. The molecule has 0 saturated heterocycles. The Hall–Kier alpha value is -0.610. The van der Waals surface area contributed by atoms with Crippen molar-refractivity contribution in [3.05, 3.63) is 17.6 Å². The Bertz CT molecular complexity index is 357. The van der Waals surface area contributed by atoms with Crippen LogP contribution >= 0.6 is 11.8 Å². The fourth-order valence-electron chi connectivity index (χ4n) is 1.89. The Morgan fingerprint density at radius 3 is 3.00 bits per heavy atom. The van der Waals surface area contributed by atoms with Gasteiger partial charge in [0.25, 0.3) is 0 Å². The van der Waals surface area contributed by atoms with Gasteiger partial charge in [0.2, 0.25) is 0 Å². The van der Waals surface area contributed by atoms with E-state index < -0.39 is 0 Å². The molecule has 1 aliphatic carbocycles. The highest BCUT2D eigenvalue weighted by Gasteiger charge is 2.16. The predicted octanol–water partition coefficient (Wildman–Crippen LogP) is 2.08. The van der Waals surface area contributed by atoms with Crippen molar-refractivity contribution in [2.75, 3.05) is 12.4 Å². The van der Waals surface area contributed by atoms with Gasteiger partial charge in [-0.05, 0) is 31.6 Å². The van der Waals surface area contributed by atoms with Gasteiger partial charge in [-0.15, -0.1) is 11.8 Å². The molecule has 88 valence electrons. The van der Waals surface area contributed by atoms with E-state index in [0.29, 0.717) is 5.92 Å². The van der Waals surface area contributed by atoms with Gasteiger partial charge in [0.1, 0.15) is 11.4 Å². The summed E-state index contributed by atoms with van der Waals surface area (Å²) in [5, 5.41) is 10.1. The maximum Gasteiger partial charge on any atom is 0.116 e. The number of aliphatic hydroxyl groups is 1. The van der Waals surface area contributed by atoms with Crippen molar-refractivity contribution >= 4 is 11.8 Å². The first kappa shape index (κ1) is 11.9. The molecule has 1 N–H and O–H groups in total. The molecule has 2 rings (SSSR count). The van der Waals surface area contributed by atoms with Crippen LogP contribution in [0, 0.1) is 5.92 Å². The van der Waals surface area contributed by atoms with Crippen molar-refractivity contribution in [3.63, 3.8) is 0 Å². The highest BCUT2D eigenvalue weighted by molar-refractivity contribution is 7.99. The molecule has 3 nitrogen and oxygen atoms in total. The number of nitrogens with zero attached hydrogens (tertiary/aromatic N) is 2. The quantitative estimate of drug-likeness (QED) is 0.644. The van der Waals surface area contributed by atoms with Crippen molar-refractivity contribution in [3.8, 4) is 0 Å². The van der Waals surface area contributed by atoms with Crippen LogP contribution in [0.5, 0.6) is 0 Å². The Kier molecular flexibility index (Phi) is 4.18. The maximum absolute atomic E-state index is 9.01. The van der Waals surface area contributed by atoms with E-state index in [2.05, 4.69) is 16.9 Å². The monoisotopic (exact) mass is 238 g/mol. The first-order valence-corrected chi connectivity index (χ1v) is 6.86. The molecule has 0 aromatic carbocycles. The number of thioether (sulfide) groups is 1. The number of aliphatic hydroxyl groups excluding tert-OH is 1. The normalized spacial score (nSPS) is 16.9. The first-order chi connectivity index (χ1) is 7.81. The summed E-state index contributed by atoms with van der Waals surface area (Å²) in [4.78, 5) is 8.72. The number of rotatable bonds is 4. The lowest BCUT2D eigenvalue weighted by Gasteiger charge is -2.17. The number of hydrogen-bond donors (Lipinski definition) is 1. The third kappa shape index (κ3) is 2.74. The van der Waals surface area contributed by atoms with Crippen molar-refractivity contribution in [1.82, 2.24) is 9.97 Å². The molecule has 1 heterocycles. The Morgan fingerprint density at radius 2 is 2.19 bits per heavy atom. The minimum atomic E-state index is 0.250. The van der Waals surface area contributed by atoms with E-state index in [1.807, 2.05) is 0 Å². The van der Waals surface area contributed by atoms with Crippen LogP contribution < -0.4 is 0 Å². The lowest BCUT2D eigenvalue weighted by Crippen LogP contribution is -2.09. The Morgan fingerprint density at radius 1 is 1.38 bits per heavy atom. The molecule has 0 spiro atoms. The summed E-state index contributed by atoms with van der Waals surface area (Å²) in [6.45, 7) is 2.31.